The molecule has 0 aliphatic rings. The van der Waals surface area contributed by atoms with E-state index in [2.05, 4.69) is 27.7 Å². The summed E-state index contributed by atoms with van der Waals surface area (Å²) in [6.07, 6.45) is 6.87. The lowest BCUT2D eigenvalue weighted by Gasteiger charge is -2.13. The average Bonchev–Trinajstić information content (AvgIpc) is 2.75. The summed E-state index contributed by atoms with van der Waals surface area (Å²) in [4.78, 5) is 8.69. The molecule has 0 aliphatic heterocycles. The van der Waals surface area contributed by atoms with E-state index in [9.17, 15) is 0 Å². The second-order valence-electron chi connectivity index (χ2n) is 4.44. The first-order valence-electron chi connectivity index (χ1n) is 6.10. The van der Waals surface area contributed by atoms with Crippen molar-refractivity contribution in [1.29, 1.82) is 0 Å². The highest BCUT2D eigenvalue weighted by molar-refractivity contribution is 7.99. The summed E-state index contributed by atoms with van der Waals surface area (Å²) < 4.78 is 2.22. The third kappa shape index (κ3) is 2.81. The quantitative estimate of drug-likeness (QED) is 0.781. The monoisotopic (exact) mass is 283 g/mol. The molecule has 2 atom stereocenters. The van der Waals surface area contributed by atoms with E-state index in [1.807, 2.05) is 24.8 Å². The van der Waals surface area contributed by atoms with E-state index in [0.717, 1.165) is 29.8 Å². The van der Waals surface area contributed by atoms with Crippen molar-refractivity contribution in [2.45, 2.75) is 37.4 Å². The van der Waals surface area contributed by atoms with Crippen molar-refractivity contribution < 1.29 is 0 Å². The topological polar surface area (TPSA) is 30.7 Å². The van der Waals surface area contributed by atoms with Crippen LogP contribution in [0.25, 0.3) is 11.0 Å². The molecule has 0 aromatic carbocycles. The molecule has 2 aromatic heterocycles. The van der Waals surface area contributed by atoms with Gasteiger partial charge in [-0.1, -0.05) is 6.92 Å². The van der Waals surface area contributed by atoms with Gasteiger partial charge in [0.05, 0.1) is 17.1 Å². The number of rotatable bonds is 5. The minimum atomic E-state index is -0.0815. The van der Waals surface area contributed by atoms with Gasteiger partial charge in [0.1, 0.15) is 11.3 Å². The molecular formula is C13H18ClN3S. The van der Waals surface area contributed by atoms with Gasteiger partial charge >= 0.3 is 0 Å². The summed E-state index contributed by atoms with van der Waals surface area (Å²) in [7, 11) is 0. The Morgan fingerprint density at radius 3 is 2.89 bits per heavy atom. The van der Waals surface area contributed by atoms with E-state index in [4.69, 9.17) is 11.6 Å². The van der Waals surface area contributed by atoms with Gasteiger partial charge in [0, 0.05) is 18.0 Å². The first-order chi connectivity index (χ1) is 8.63. The van der Waals surface area contributed by atoms with Gasteiger partial charge in [-0.3, -0.25) is 4.98 Å². The summed E-state index contributed by atoms with van der Waals surface area (Å²) in [5.74, 6) is 0.938. The number of halogens is 1. The van der Waals surface area contributed by atoms with E-state index >= 15 is 0 Å². The lowest BCUT2D eigenvalue weighted by molar-refractivity contribution is 0.623. The number of hydrogen-bond acceptors (Lipinski definition) is 3. The van der Waals surface area contributed by atoms with Crippen LogP contribution < -0.4 is 0 Å². The van der Waals surface area contributed by atoms with Crippen LogP contribution >= 0.6 is 23.4 Å². The Hall–Kier alpha value is -0.740. The fraction of sp³-hybridized carbons (Fsp3) is 0.538. The largest absolute Gasteiger partial charge is 0.327 e. The number of alkyl halides is 1. The molecule has 0 amide bonds. The van der Waals surface area contributed by atoms with E-state index in [1.165, 1.54) is 0 Å². The highest BCUT2D eigenvalue weighted by Crippen LogP contribution is 2.25. The van der Waals surface area contributed by atoms with Gasteiger partial charge in [0.15, 0.2) is 0 Å². The molecule has 2 rings (SSSR count). The Labute approximate surface area is 117 Å². The Kier molecular flexibility index (Phi) is 4.51. The van der Waals surface area contributed by atoms with Crippen molar-refractivity contribution in [3.05, 3.63) is 24.3 Å². The van der Waals surface area contributed by atoms with Crippen LogP contribution in [-0.4, -0.2) is 26.0 Å². The first kappa shape index (κ1) is 13.7. The van der Waals surface area contributed by atoms with Crippen molar-refractivity contribution in [1.82, 2.24) is 14.5 Å². The summed E-state index contributed by atoms with van der Waals surface area (Å²) in [5.41, 5.74) is 2.05. The molecule has 0 saturated carbocycles. The minimum absolute atomic E-state index is 0.0815. The van der Waals surface area contributed by atoms with E-state index < -0.39 is 0 Å². The summed E-state index contributed by atoms with van der Waals surface area (Å²) in [6.45, 7) is 5.16. The number of aryl methyl sites for hydroxylation is 1. The van der Waals surface area contributed by atoms with Crippen LogP contribution in [0, 0.1) is 0 Å². The van der Waals surface area contributed by atoms with Crippen molar-refractivity contribution in [2.75, 3.05) is 6.26 Å². The Balaban J connectivity index is 2.36. The second kappa shape index (κ2) is 5.93. The maximum Gasteiger partial charge on any atom is 0.127 e. The van der Waals surface area contributed by atoms with Gasteiger partial charge in [-0.2, -0.15) is 11.8 Å². The molecule has 2 heterocycles. The minimum Gasteiger partial charge on any atom is -0.327 e. The molecule has 3 nitrogen and oxygen atoms in total. The van der Waals surface area contributed by atoms with E-state index in [-0.39, 0.29) is 5.38 Å². The molecule has 18 heavy (non-hydrogen) atoms. The highest BCUT2D eigenvalue weighted by atomic mass is 35.5. The zero-order valence-corrected chi connectivity index (χ0v) is 12.5. The number of aromatic nitrogens is 3. The molecule has 0 bridgehead atoms. The standard InChI is InChI=1S/C13H18ClN3S/c1-9(18-3)5-7-17-12-4-6-15-8-11(12)16-13(17)10(2)14/h4,6,8-10H,5,7H2,1-3H3. The summed E-state index contributed by atoms with van der Waals surface area (Å²) in [6, 6.07) is 2.01. The van der Waals surface area contributed by atoms with Gasteiger partial charge in [0.2, 0.25) is 0 Å². The molecule has 2 unspecified atom stereocenters. The molecule has 5 heteroatoms. The van der Waals surface area contributed by atoms with Crippen molar-refractivity contribution >= 4 is 34.4 Å². The molecule has 0 saturated heterocycles. The molecular weight excluding hydrogens is 266 g/mol. The normalized spacial score (nSPS) is 14.9. The number of thioether (sulfide) groups is 1. The number of fused-ring (bicyclic) bond motifs is 1. The fourth-order valence-electron chi connectivity index (χ4n) is 1.97. The fourth-order valence-corrected chi connectivity index (χ4v) is 2.48. The van der Waals surface area contributed by atoms with Gasteiger partial charge in [0.25, 0.3) is 0 Å². The maximum atomic E-state index is 6.22. The summed E-state index contributed by atoms with van der Waals surface area (Å²) in [5, 5.41) is 0.560. The highest BCUT2D eigenvalue weighted by Gasteiger charge is 2.15. The zero-order chi connectivity index (χ0) is 13.1. The molecule has 0 fully saturated rings. The van der Waals surface area contributed by atoms with Crippen LogP contribution in [0.15, 0.2) is 18.5 Å². The zero-order valence-electron chi connectivity index (χ0n) is 10.9. The smallest absolute Gasteiger partial charge is 0.127 e. The molecule has 0 N–H and O–H groups in total. The molecule has 2 aromatic rings. The van der Waals surface area contributed by atoms with Crippen LogP contribution in [0.2, 0.25) is 0 Å². The van der Waals surface area contributed by atoms with E-state index in [1.54, 1.807) is 12.4 Å². The van der Waals surface area contributed by atoms with Crippen molar-refractivity contribution in [2.24, 2.45) is 0 Å². The lowest BCUT2D eigenvalue weighted by Crippen LogP contribution is -2.08. The Morgan fingerprint density at radius 2 is 2.22 bits per heavy atom. The Bertz CT molecular complexity index is 524. The van der Waals surface area contributed by atoms with E-state index in [0.29, 0.717) is 5.25 Å². The van der Waals surface area contributed by atoms with Crippen LogP contribution in [0.5, 0.6) is 0 Å². The molecule has 0 aliphatic carbocycles. The predicted molar refractivity (Wildman–Crippen MR) is 79.4 cm³/mol. The van der Waals surface area contributed by atoms with Crippen LogP contribution in [0.4, 0.5) is 0 Å². The summed E-state index contributed by atoms with van der Waals surface area (Å²) >= 11 is 8.11. The Morgan fingerprint density at radius 1 is 1.44 bits per heavy atom. The maximum absolute atomic E-state index is 6.22. The lowest BCUT2D eigenvalue weighted by atomic mass is 10.3. The molecule has 0 radical (unpaired) electrons. The second-order valence-corrected chi connectivity index (χ2v) is 6.37. The third-order valence-corrected chi connectivity index (χ3v) is 4.33. The molecule has 98 valence electrons. The number of imidazole rings is 1. The molecule has 0 spiro atoms. The van der Waals surface area contributed by atoms with Crippen LogP contribution in [-0.2, 0) is 6.54 Å². The average molecular weight is 284 g/mol. The predicted octanol–water partition coefficient (Wildman–Crippen LogP) is 3.87. The van der Waals surface area contributed by atoms with Crippen molar-refractivity contribution in [3.63, 3.8) is 0 Å². The number of nitrogens with zero attached hydrogens (tertiary/aromatic N) is 3. The van der Waals surface area contributed by atoms with Gasteiger partial charge in [-0.25, -0.2) is 4.98 Å². The van der Waals surface area contributed by atoms with Crippen LogP contribution in [0.1, 0.15) is 31.5 Å². The van der Waals surface area contributed by atoms with Gasteiger partial charge in [-0.15, -0.1) is 11.6 Å². The third-order valence-electron chi connectivity index (χ3n) is 3.10. The first-order valence-corrected chi connectivity index (χ1v) is 7.83. The van der Waals surface area contributed by atoms with Gasteiger partial charge in [-0.05, 0) is 25.7 Å². The van der Waals surface area contributed by atoms with Gasteiger partial charge < -0.3 is 4.57 Å². The SMILES string of the molecule is CSC(C)CCn1c(C(C)Cl)nc2cnccc21. The van der Waals surface area contributed by atoms with Crippen molar-refractivity contribution in [3.8, 4) is 0 Å². The van der Waals surface area contributed by atoms with Crippen LogP contribution in [0.3, 0.4) is 0 Å². The number of pyridine rings is 1. The number of hydrogen-bond donors (Lipinski definition) is 0.